The maximum atomic E-state index is 4.95. The molecule has 2 aliphatic rings. The van der Waals surface area contributed by atoms with Crippen LogP contribution in [0.25, 0.3) is 39.5 Å². The summed E-state index contributed by atoms with van der Waals surface area (Å²) in [6.45, 7) is 14.5. The normalized spacial score (nSPS) is 17.6. The SMILES string of the molecule is C=C1CC2C(CCc3cccnc3-c3ccc(-c4ccccc4)c[n+]31)c1ccccc1-c1cc(CC)c([Si](C)(C)C)c[n+]12. The van der Waals surface area contributed by atoms with Gasteiger partial charge >= 0.3 is 0 Å². The number of pyridine rings is 3. The van der Waals surface area contributed by atoms with Gasteiger partial charge in [0.2, 0.25) is 11.4 Å². The highest BCUT2D eigenvalue weighted by atomic mass is 28.3. The molecular weight excluding hydrogens is 539 g/mol. The van der Waals surface area contributed by atoms with Crippen molar-refractivity contribution >= 4 is 19.0 Å². The Kier molecular flexibility index (Phi) is 6.98. The van der Waals surface area contributed by atoms with Gasteiger partial charge in [0.25, 0.3) is 0 Å². The summed E-state index contributed by atoms with van der Waals surface area (Å²) in [7, 11) is -1.57. The van der Waals surface area contributed by atoms with Crippen molar-refractivity contribution in [2.75, 3.05) is 0 Å². The van der Waals surface area contributed by atoms with Gasteiger partial charge in [0, 0.05) is 40.6 Å². The summed E-state index contributed by atoms with van der Waals surface area (Å²) in [4.78, 5) is 4.95. The summed E-state index contributed by atoms with van der Waals surface area (Å²) in [5.74, 6) is 0.375. The smallest absolute Gasteiger partial charge is 0.236 e. The van der Waals surface area contributed by atoms with Gasteiger partial charge in [-0.25, -0.2) is 4.98 Å². The first-order valence-electron chi connectivity index (χ1n) is 15.7. The fourth-order valence-corrected chi connectivity index (χ4v) is 9.13. The summed E-state index contributed by atoms with van der Waals surface area (Å²) in [6, 6.07) is 31.4. The van der Waals surface area contributed by atoms with Crippen LogP contribution in [0.4, 0.5) is 0 Å². The van der Waals surface area contributed by atoms with Crippen LogP contribution in [-0.4, -0.2) is 13.1 Å². The average molecular weight is 580 g/mol. The molecule has 5 aromatic rings. The second kappa shape index (κ2) is 10.8. The van der Waals surface area contributed by atoms with Gasteiger partial charge in [0.05, 0.1) is 14.5 Å². The highest BCUT2D eigenvalue weighted by molar-refractivity contribution is 6.89. The minimum Gasteiger partial charge on any atom is -0.250 e. The molecule has 3 aromatic heterocycles. The van der Waals surface area contributed by atoms with Crippen molar-refractivity contribution in [3.8, 4) is 33.8 Å². The van der Waals surface area contributed by atoms with Crippen LogP contribution < -0.4 is 14.3 Å². The third-order valence-electron chi connectivity index (χ3n) is 9.55. The highest BCUT2D eigenvalue weighted by Gasteiger charge is 2.43. The van der Waals surface area contributed by atoms with Gasteiger partial charge < -0.3 is 0 Å². The number of hydrogen-bond acceptors (Lipinski definition) is 1. The quantitative estimate of drug-likeness (QED) is 0.157. The van der Waals surface area contributed by atoms with E-state index in [-0.39, 0.29) is 6.04 Å². The van der Waals surface area contributed by atoms with Gasteiger partial charge in [-0.1, -0.05) is 81.2 Å². The molecule has 0 spiro atoms. The molecule has 0 fully saturated rings. The van der Waals surface area contributed by atoms with E-state index in [9.17, 15) is 0 Å². The van der Waals surface area contributed by atoms with Gasteiger partial charge in [-0.3, -0.25) is 0 Å². The van der Waals surface area contributed by atoms with E-state index in [1.54, 1.807) is 5.19 Å². The van der Waals surface area contributed by atoms with Crippen LogP contribution in [0.2, 0.25) is 19.6 Å². The molecule has 2 aromatic carbocycles. The van der Waals surface area contributed by atoms with Crippen molar-refractivity contribution in [1.29, 1.82) is 0 Å². The van der Waals surface area contributed by atoms with Gasteiger partial charge in [-0.2, -0.15) is 9.13 Å². The molecule has 0 N–H and O–H groups in total. The number of benzene rings is 2. The van der Waals surface area contributed by atoms with E-state index in [4.69, 9.17) is 11.6 Å². The Morgan fingerprint density at radius 3 is 2.44 bits per heavy atom. The summed E-state index contributed by atoms with van der Waals surface area (Å²) in [6.07, 6.45) is 10.7. The molecule has 2 atom stereocenters. The van der Waals surface area contributed by atoms with E-state index in [1.807, 2.05) is 6.20 Å². The molecule has 2 unspecified atom stereocenters. The first-order valence-corrected chi connectivity index (χ1v) is 19.2. The number of aromatic nitrogens is 3. The minimum atomic E-state index is -1.57. The highest BCUT2D eigenvalue weighted by Crippen LogP contribution is 2.44. The topological polar surface area (TPSA) is 20.6 Å². The van der Waals surface area contributed by atoms with Crippen molar-refractivity contribution < 1.29 is 9.13 Å². The molecule has 0 bridgehead atoms. The van der Waals surface area contributed by atoms with Crippen LogP contribution in [0.5, 0.6) is 0 Å². The average Bonchev–Trinajstić information content (AvgIpc) is 3.03. The monoisotopic (exact) mass is 579 g/mol. The summed E-state index contributed by atoms with van der Waals surface area (Å²) < 4.78 is 4.98. The third-order valence-corrected chi connectivity index (χ3v) is 11.6. The zero-order valence-corrected chi connectivity index (χ0v) is 26.8. The molecule has 43 heavy (non-hydrogen) atoms. The van der Waals surface area contributed by atoms with Gasteiger partial charge in [0.15, 0.2) is 24.1 Å². The fourth-order valence-electron chi connectivity index (χ4n) is 7.39. The molecule has 0 radical (unpaired) electrons. The summed E-state index contributed by atoms with van der Waals surface area (Å²) in [5, 5.41) is 1.58. The third kappa shape index (κ3) is 4.88. The zero-order chi connectivity index (χ0) is 29.7. The summed E-state index contributed by atoms with van der Waals surface area (Å²) in [5.41, 5.74) is 12.7. The zero-order valence-electron chi connectivity index (χ0n) is 25.8. The van der Waals surface area contributed by atoms with Crippen molar-refractivity contribution in [2.45, 2.75) is 64.2 Å². The maximum absolute atomic E-state index is 4.95. The van der Waals surface area contributed by atoms with Crippen molar-refractivity contribution in [2.24, 2.45) is 0 Å². The molecule has 4 heteroatoms. The van der Waals surface area contributed by atoms with Crippen LogP contribution in [0.1, 0.15) is 48.4 Å². The predicted molar refractivity (Wildman–Crippen MR) is 180 cm³/mol. The van der Waals surface area contributed by atoms with Gasteiger partial charge in [-0.15, -0.1) is 0 Å². The molecule has 3 nitrogen and oxygen atoms in total. The maximum Gasteiger partial charge on any atom is 0.236 e. The number of allylic oxidation sites excluding steroid dienone is 1. The summed E-state index contributed by atoms with van der Waals surface area (Å²) >= 11 is 0. The van der Waals surface area contributed by atoms with Crippen LogP contribution in [0, 0.1) is 0 Å². The Morgan fingerprint density at radius 1 is 0.860 bits per heavy atom. The lowest BCUT2D eigenvalue weighted by Crippen LogP contribution is -2.54. The predicted octanol–water partition coefficient (Wildman–Crippen LogP) is 7.91. The lowest BCUT2D eigenvalue weighted by atomic mass is 9.77. The first kappa shape index (κ1) is 27.7. The Labute approximate surface area is 257 Å². The van der Waals surface area contributed by atoms with Crippen LogP contribution in [0.3, 0.4) is 0 Å². The molecule has 0 saturated heterocycles. The lowest BCUT2D eigenvalue weighted by Gasteiger charge is -2.32. The lowest BCUT2D eigenvalue weighted by molar-refractivity contribution is -0.719. The number of hydrogen-bond donors (Lipinski definition) is 0. The molecule has 7 rings (SSSR count). The minimum absolute atomic E-state index is 0.275. The number of fused-ring (bicyclic) bond motifs is 9. The molecule has 0 amide bonds. The van der Waals surface area contributed by atoms with E-state index in [2.05, 4.69) is 133 Å². The van der Waals surface area contributed by atoms with E-state index in [1.165, 1.54) is 39.1 Å². The Morgan fingerprint density at radius 2 is 1.65 bits per heavy atom. The van der Waals surface area contributed by atoms with Crippen LogP contribution in [0.15, 0.2) is 110 Å². The molecule has 0 saturated carbocycles. The van der Waals surface area contributed by atoms with Crippen LogP contribution in [-0.2, 0) is 12.8 Å². The second-order valence-electron chi connectivity index (χ2n) is 13.2. The van der Waals surface area contributed by atoms with Crippen molar-refractivity contribution in [3.05, 3.63) is 127 Å². The second-order valence-corrected chi connectivity index (χ2v) is 18.3. The van der Waals surface area contributed by atoms with Crippen molar-refractivity contribution in [3.63, 3.8) is 0 Å². The standard InChI is InChI=1S/C39H41N3Si/c1-6-28-24-37-33-17-11-10-16-32(33)34-20-18-30-15-12-22-40-39(30)35-21-19-31(29-13-8-7-9-14-29)25-41(35)27(2)23-36(34)42(37)26-38(28)43(3,4)5/h7-17,19,21-22,24-26,34,36H,2,6,18,20,23H2,1,3-5H3/q+2. The number of aryl methyl sites for hydroxylation is 2. The van der Waals surface area contributed by atoms with E-state index >= 15 is 0 Å². The Balaban J connectivity index is 1.45. The number of nitrogens with zero attached hydrogens (tertiary/aromatic N) is 3. The largest absolute Gasteiger partial charge is 0.250 e. The molecule has 5 heterocycles. The van der Waals surface area contributed by atoms with Gasteiger partial charge in [0.1, 0.15) is 5.69 Å². The molecular formula is C39H41N3Si+2. The van der Waals surface area contributed by atoms with Crippen LogP contribution >= 0.6 is 0 Å². The van der Waals surface area contributed by atoms with Crippen molar-refractivity contribution in [1.82, 2.24) is 4.98 Å². The Bertz CT molecular complexity index is 1850. The fraction of sp³-hybridized carbons (Fsp3) is 0.256. The molecule has 0 aliphatic carbocycles. The molecule has 2 aliphatic heterocycles. The molecule has 214 valence electrons. The van der Waals surface area contributed by atoms with E-state index in [0.717, 1.165) is 42.8 Å². The number of rotatable bonds is 3. The van der Waals surface area contributed by atoms with Gasteiger partial charge in [-0.05, 0) is 66.3 Å². The first-order chi connectivity index (χ1) is 20.8. The van der Waals surface area contributed by atoms with E-state index < -0.39 is 8.07 Å². The van der Waals surface area contributed by atoms with E-state index in [0.29, 0.717) is 5.92 Å². The Hall–Kier alpha value is -4.15.